The topological polar surface area (TPSA) is 6.48 Å². The predicted octanol–water partition coefficient (Wildman–Crippen LogP) is 5.09. The van der Waals surface area contributed by atoms with E-state index in [0.717, 1.165) is 0 Å². The molecular formula is C18H30F6N2. The first-order valence-electron chi connectivity index (χ1n) is 8.98. The van der Waals surface area contributed by atoms with Gasteiger partial charge in [-0.15, -0.1) is 0 Å². The SMILES string of the molecule is CC(C)(C)[C@@H]1C[C@@]2(CN(CC(F)(F)F)CC(F)(F)F)C[C@H]2N1C(C)(C)C. The van der Waals surface area contributed by atoms with Crippen molar-refractivity contribution in [1.82, 2.24) is 9.80 Å². The van der Waals surface area contributed by atoms with E-state index in [2.05, 4.69) is 46.4 Å². The highest BCUT2D eigenvalue weighted by Crippen LogP contribution is 2.64. The molecule has 1 heterocycles. The Morgan fingerprint density at radius 2 is 1.31 bits per heavy atom. The summed E-state index contributed by atoms with van der Waals surface area (Å²) in [6, 6.07) is 0.190. The van der Waals surface area contributed by atoms with Gasteiger partial charge in [0.1, 0.15) is 0 Å². The van der Waals surface area contributed by atoms with Crippen molar-refractivity contribution in [3.05, 3.63) is 0 Å². The van der Waals surface area contributed by atoms with Crippen LogP contribution in [0.2, 0.25) is 0 Å². The molecule has 0 radical (unpaired) electrons. The predicted molar refractivity (Wildman–Crippen MR) is 88.8 cm³/mol. The Labute approximate surface area is 151 Å². The lowest BCUT2D eigenvalue weighted by Crippen LogP contribution is -2.51. The third-order valence-electron chi connectivity index (χ3n) is 5.54. The summed E-state index contributed by atoms with van der Waals surface area (Å²) < 4.78 is 76.8. The van der Waals surface area contributed by atoms with Gasteiger partial charge in [0.15, 0.2) is 0 Å². The summed E-state index contributed by atoms with van der Waals surface area (Å²) in [6.07, 6.45) is -7.97. The zero-order valence-corrected chi connectivity index (χ0v) is 16.4. The Kier molecular flexibility index (Phi) is 5.25. The number of nitrogens with zero attached hydrogens (tertiary/aromatic N) is 2. The van der Waals surface area contributed by atoms with Crippen LogP contribution in [0, 0.1) is 10.8 Å². The van der Waals surface area contributed by atoms with E-state index in [0.29, 0.717) is 17.7 Å². The van der Waals surface area contributed by atoms with Crippen LogP contribution in [0.25, 0.3) is 0 Å². The highest BCUT2D eigenvalue weighted by molar-refractivity contribution is 5.21. The number of alkyl halides is 6. The fourth-order valence-electron chi connectivity index (χ4n) is 4.65. The molecule has 0 amide bonds. The van der Waals surface area contributed by atoms with Gasteiger partial charge in [0.25, 0.3) is 0 Å². The lowest BCUT2D eigenvalue weighted by Gasteiger charge is -2.45. The maximum atomic E-state index is 12.8. The zero-order chi connectivity index (χ0) is 20.3. The first-order chi connectivity index (χ1) is 11.3. The minimum Gasteiger partial charge on any atom is -0.291 e. The Bertz CT molecular complexity index is 498. The molecular weight excluding hydrogens is 358 g/mol. The highest BCUT2D eigenvalue weighted by atomic mass is 19.4. The van der Waals surface area contributed by atoms with Crippen LogP contribution in [0.5, 0.6) is 0 Å². The summed E-state index contributed by atoms with van der Waals surface area (Å²) in [4.78, 5) is 2.87. The van der Waals surface area contributed by atoms with E-state index in [1.54, 1.807) is 0 Å². The Morgan fingerprint density at radius 1 is 0.846 bits per heavy atom. The normalized spacial score (nSPS) is 30.8. The van der Waals surface area contributed by atoms with Crippen molar-refractivity contribution in [3.8, 4) is 0 Å². The summed E-state index contributed by atoms with van der Waals surface area (Å²) >= 11 is 0. The van der Waals surface area contributed by atoms with Gasteiger partial charge in [-0.1, -0.05) is 20.8 Å². The first kappa shape index (κ1) is 21.8. The number of hydrogen-bond donors (Lipinski definition) is 0. The van der Waals surface area contributed by atoms with Gasteiger partial charge in [-0.05, 0) is 39.0 Å². The van der Waals surface area contributed by atoms with E-state index < -0.39 is 30.9 Å². The average molecular weight is 388 g/mol. The number of rotatable bonds is 4. The van der Waals surface area contributed by atoms with Crippen LogP contribution in [0.3, 0.4) is 0 Å². The van der Waals surface area contributed by atoms with Crippen molar-refractivity contribution in [3.63, 3.8) is 0 Å². The van der Waals surface area contributed by atoms with Crippen LogP contribution in [-0.2, 0) is 0 Å². The van der Waals surface area contributed by atoms with Crippen molar-refractivity contribution >= 4 is 0 Å². The van der Waals surface area contributed by atoms with E-state index in [-0.39, 0.29) is 29.6 Å². The second-order valence-electron chi connectivity index (χ2n) is 10.1. The van der Waals surface area contributed by atoms with Gasteiger partial charge < -0.3 is 0 Å². The van der Waals surface area contributed by atoms with E-state index >= 15 is 0 Å². The monoisotopic (exact) mass is 388 g/mol. The van der Waals surface area contributed by atoms with Gasteiger partial charge in [-0.2, -0.15) is 26.3 Å². The largest absolute Gasteiger partial charge is 0.401 e. The van der Waals surface area contributed by atoms with Gasteiger partial charge in [-0.3, -0.25) is 9.80 Å². The van der Waals surface area contributed by atoms with Gasteiger partial charge in [0, 0.05) is 29.6 Å². The van der Waals surface area contributed by atoms with Crippen molar-refractivity contribution in [2.45, 2.75) is 84.4 Å². The van der Waals surface area contributed by atoms with Crippen LogP contribution in [0.4, 0.5) is 26.3 Å². The second-order valence-corrected chi connectivity index (χ2v) is 10.1. The zero-order valence-electron chi connectivity index (χ0n) is 16.4. The Morgan fingerprint density at radius 3 is 1.62 bits per heavy atom. The molecule has 1 saturated heterocycles. The molecule has 1 saturated carbocycles. The minimum atomic E-state index is -4.64. The third kappa shape index (κ3) is 5.06. The van der Waals surface area contributed by atoms with Crippen LogP contribution in [0.15, 0.2) is 0 Å². The van der Waals surface area contributed by atoms with Crippen LogP contribution < -0.4 is 0 Å². The van der Waals surface area contributed by atoms with Gasteiger partial charge >= 0.3 is 12.4 Å². The van der Waals surface area contributed by atoms with Gasteiger partial charge in [0.05, 0.1) is 13.1 Å². The quantitative estimate of drug-likeness (QED) is 0.619. The molecule has 0 unspecified atom stereocenters. The molecule has 0 spiro atoms. The van der Waals surface area contributed by atoms with E-state index in [1.165, 1.54) is 0 Å². The lowest BCUT2D eigenvalue weighted by molar-refractivity contribution is -0.182. The number of piperidine rings is 1. The van der Waals surface area contributed by atoms with E-state index in [9.17, 15) is 26.3 Å². The Balaban J connectivity index is 2.22. The first-order valence-corrected chi connectivity index (χ1v) is 8.98. The number of fused-ring (bicyclic) bond motifs is 1. The summed E-state index contributed by atoms with van der Waals surface area (Å²) in [5, 5.41) is 0. The number of likely N-dealkylation sites (tertiary alicyclic amines) is 1. The molecule has 0 bridgehead atoms. The molecule has 2 nitrogen and oxygen atoms in total. The molecule has 2 fully saturated rings. The molecule has 1 aliphatic heterocycles. The van der Waals surface area contributed by atoms with Crippen LogP contribution in [-0.4, -0.2) is 59.4 Å². The number of halogens is 6. The third-order valence-corrected chi connectivity index (χ3v) is 5.54. The maximum Gasteiger partial charge on any atom is 0.401 e. The molecule has 26 heavy (non-hydrogen) atoms. The smallest absolute Gasteiger partial charge is 0.291 e. The van der Waals surface area contributed by atoms with Crippen molar-refractivity contribution in [2.24, 2.45) is 10.8 Å². The van der Waals surface area contributed by atoms with Crippen molar-refractivity contribution < 1.29 is 26.3 Å². The van der Waals surface area contributed by atoms with Crippen LogP contribution in [0.1, 0.15) is 54.4 Å². The second kappa shape index (κ2) is 6.26. The molecule has 8 heteroatoms. The van der Waals surface area contributed by atoms with Gasteiger partial charge in [0.2, 0.25) is 0 Å². The lowest BCUT2D eigenvalue weighted by atomic mass is 9.80. The summed E-state index contributed by atoms with van der Waals surface area (Å²) in [5.74, 6) is 0. The summed E-state index contributed by atoms with van der Waals surface area (Å²) in [6.45, 7) is 9.23. The van der Waals surface area contributed by atoms with Crippen LogP contribution >= 0.6 is 0 Å². The molecule has 1 aliphatic carbocycles. The van der Waals surface area contributed by atoms with E-state index in [4.69, 9.17) is 0 Å². The molecule has 0 aromatic heterocycles. The molecule has 154 valence electrons. The highest BCUT2D eigenvalue weighted by Gasteiger charge is 2.68. The van der Waals surface area contributed by atoms with Crippen molar-refractivity contribution in [1.29, 1.82) is 0 Å². The molecule has 0 aromatic rings. The fourth-order valence-corrected chi connectivity index (χ4v) is 4.65. The molecule has 2 aliphatic rings. The molecule has 2 rings (SSSR count). The standard InChI is InChI=1S/C18H30F6N2/c1-14(2,3)12-7-16(8-13(16)26(12)15(4,5)6)9-25(10-17(19,20)21)11-18(22,23)24/h12-13H,7-11H2,1-6H3/t12-,13+,16-/m0/s1. The molecule has 0 N–H and O–H groups in total. The molecule has 0 aromatic carbocycles. The van der Waals surface area contributed by atoms with E-state index in [1.807, 2.05) is 0 Å². The summed E-state index contributed by atoms with van der Waals surface area (Å²) in [7, 11) is 0. The van der Waals surface area contributed by atoms with Crippen molar-refractivity contribution in [2.75, 3.05) is 19.6 Å². The molecule has 3 atom stereocenters. The Hall–Kier alpha value is -0.500. The maximum absolute atomic E-state index is 12.8. The number of hydrogen-bond acceptors (Lipinski definition) is 2. The minimum absolute atomic E-state index is 0.0516. The fraction of sp³-hybridized carbons (Fsp3) is 1.00. The average Bonchev–Trinajstić information content (AvgIpc) is 2.84. The summed E-state index contributed by atoms with van der Waals surface area (Å²) in [5.41, 5.74) is -0.742. The van der Waals surface area contributed by atoms with Gasteiger partial charge in [-0.25, -0.2) is 0 Å².